The quantitative estimate of drug-likeness (QED) is 0.752. The fourth-order valence-corrected chi connectivity index (χ4v) is 2.96. The van der Waals surface area contributed by atoms with Gasteiger partial charge in [0.25, 0.3) is 0 Å². The van der Waals surface area contributed by atoms with Crippen LogP contribution in [0.15, 0.2) is 18.3 Å². The molecule has 3 rings (SSSR count). The highest BCUT2D eigenvalue weighted by molar-refractivity contribution is 5.48. The second-order valence-corrected chi connectivity index (χ2v) is 4.88. The molecule has 5 heteroatoms. The molecule has 2 nitrogen and oxygen atoms in total. The van der Waals surface area contributed by atoms with Crippen molar-refractivity contribution in [3.8, 4) is 0 Å². The molecule has 0 radical (unpaired) electrons. The van der Waals surface area contributed by atoms with Gasteiger partial charge < -0.3 is 4.90 Å². The van der Waals surface area contributed by atoms with Crippen LogP contribution in [0.5, 0.6) is 0 Å². The van der Waals surface area contributed by atoms with E-state index in [0.29, 0.717) is 6.04 Å². The van der Waals surface area contributed by atoms with Gasteiger partial charge in [-0.25, -0.2) is 4.98 Å². The van der Waals surface area contributed by atoms with Crippen molar-refractivity contribution in [1.29, 1.82) is 0 Å². The summed E-state index contributed by atoms with van der Waals surface area (Å²) >= 11 is 0. The van der Waals surface area contributed by atoms with E-state index in [2.05, 4.69) is 9.88 Å². The van der Waals surface area contributed by atoms with E-state index >= 15 is 0 Å². The molecule has 1 aliphatic heterocycles. The van der Waals surface area contributed by atoms with Crippen LogP contribution < -0.4 is 4.90 Å². The van der Waals surface area contributed by atoms with Gasteiger partial charge in [-0.1, -0.05) is 0 Å². The van der Waals surface area contributed by atoms with E-state index in [9.17, 15) is 13.2 Å². The second kappa shape index (κ2) is 3.62. The normalized spacial score (nSPS) is 27.8. The molecule has 1 aromatic heterocycles. The monoisotopic (exact) mass is 242 g/mol. The molecule has 0 aromatic carbocycles. The number of piperidine rings is 1. The average Bonchev–Trinajstić information content (AvgIpc) is 2.89. The lowest BCUT2D eigenvalue weighted by Gasteiger charge is -2.28. The number of anilines is 1. The summed E-state index contributed by atoms with van der Waals surface area (Å²) in [6, 6.07) is 3.12. The van der Waals surface area contributed by atoms with Crippen molar-refractivity contribution in [2.45, 2.75) is 31.5 Å². The highest BCUT2D eigenvalue weighted by atomic mass is 19.4. The van der Waals surface area contributed by atoms with Crippen molar-refractivity contribution in [3.63, 3.8) is 0 Å². The zero-order valence-electron chi connectivity index (χ0n) is 9.24. The van der Waals surface area contributed by atoms with E-state index in [0.717, 1.165) is 30.6 Å². The summed E-state index contributed by atoms with van der Waals surface area (Å²) in [7, 11) is 0. The number of nitrogens with zero attached hydrogens (tertiary/aromatic N) is 2. The van der Waals surface area contributed by atoms with Crippen molar-refractivity contribution < 1.29 is 13.2 Å². The van der Waals surface area contributed by atoms with Crippen LogP contribution in [0.2, 0.25) is 0 Å². The van der Waals surface area contributed by atoms with E-state index in [-0.39, 0.29) is 0 Å². The maximum atomic E-state index is 12.4. The molecular weight excluding hydrogens is 229 g/mol. The lowest BCUT2D eigenvalue weighted by Crippen LogP contribution is -2.31. The first kappa shape index (κ1) is 10.9. The SMILES string of the molecule is FC(F)(F)c1ccc(N2CC3CCC2C3)cn1. The van der Waals surface area contributed by atoms with E-state index in [1.54, 1.807) is 0 Å². The molecule has 2 fully saturated rings. The molecule has 92 valence electrons. The van der Waals surface area contributed by atoms with E-state index in [1.807, 2.05) is 0 Å². The lowest BCUT2D eigenvalue weighted by molar-refractivity contribution is -0.141. The summed E-state index contributed by atoms with van der Waals surface area (Å²) < 4.78 is 37.1. The van der Waals surface area contributed by atoms with Crippen molar-refractivity contribution >= 4 is 5.69 Å². The van der Waals surface area contributed by atoms with Crippen LogP contribution in [0.4, 0.5) is 18.9 Å². The van der Waals surface area contributed by atoms with Crippen LogP contribution in [0.3, 0.4) is 0 Å². The van der Waals surface area contributed by atoms with Gasteiger partial charge in [0.05, 0.1) is 11.9 Å². The zero-order chi connectivity index (χ0) is 12.0. The van der Waals surface area contributed by atoms with Crippen LogP contribution in [-0.2, 0) is 6.18 Å². The van der Waals surface area contributed by atoms with Crippen LogP contribution >= 0.6 is 0 Å². The van der Waals surface area contributed by atoms with Gasteiger partial charge >= 0.3 is 6.18 Å². The zero-order valence-corrected chi connectivity index (χ0v) is 9.24. The van der Waals surface area contributed by atoms with Gasteiger partial charge in [-0.2, -0.15) is 13.2 Å². The topological polar surface area (TPSA) is 16.1 Å². The number of aromatic nitrogens is 1. The molecule has 0 spiro atoms. The minimum absolute atomic E-state index is 0.513. The van der Waals surface area contributed by atoms with E-state index < -0.39 is 11.9 Å². The molecule has 2 aliphatic rings. The Morgan fingerprint density at radius 1 is 1.24 bits per heavy atom. The molecule has 17 heavy (non-hydrogen) atoms. The summed E-state index contributed by atoms with van der Waals surface area (Å²) in [6.07, 6.45) is 0.605. The Labute approximate surface area is 97.5 Å². The molecule has 0 amide bonds. The number of pyridine rings is 1. The number of halogens is 3. The van der Waals surface area contributed by atoms with Gasteiger partial charge in [0.15, 0.2) is 0 Å². The van der Waals surface area contributed by atoms with Crippen molar-refractivity contribution in [1.82, 2.24) is 4.98 Å². The minimum Gasteiger partial charge on any atom is -0.367 e. The fourth-order valence-electron chi connectivity index (χ4n) is 2.96. The Hall–Kier alpha value is -1.26. The Bertz CT molecular complexity index is 413. The first-order valence-corrected chi connectivity index (χ1v) is 5.84. The summed E-state index contributed by atoms with van der Waals surface area (Å²) in [5.74, 6) is 0.724. The highest BCUT2D eigenvalue weighted by Crippen LogP contribution is 2.40. The Morgan fingerprint density at radius 3 is 2.53 bits per heavy atom. The number of fused-ring (bicyclic) bond motifs is 2. The molecular formula is C12H13F3N2. The Balaban J connectivity index is 1.81. The smallest absolute Gasteiger partial charge is 0.367 e. The standard InChI is InChI=1S/C12H13F3N2/c13-12(14,15)11-4-3-10(6-16-11)17-7-8-1-2-9(17)5-8/h3-4,6,8-9H,1-2,5,7H2. The Kier molecular flexibility index (Phi) is 2.31. The molecule has 2 atom stereocenters. The largest absolute Gasteiger partial charge is 0.433 e. The van der Waals surface area contributed by atoms with Gasteiger partial charge in [-0.05, 0) is 37.3 Å². The average molecular weight is 242 g/mol. The van der Waals surface area contributed by atoms with Crippen LogP contribution in [0.1, 0.15) is 25.0 Å². The van der Waals surface area contributed by atoms with Gasteiger partial charge in [0.2, 0.25) is 0 Å². The predicted molar refractivity (Wildman–Crippen MR) is 57.7 cm³/mol. The molecule has 1 aliphatic carbocycles. The second-order valence-electron chi connectivity index (χ2n) is 4.88. The summed E-state index contributed by atoms with van der Waals surface area (Å²) in [5, 5.41) is 0. The van der Waals surface area contributed by atoms with Crippen LogP contribution in [-0.4, -0.2) is 17.6 Å². The van der Waals surface area contributed by atoms with Gasteiger partial charge in [-0.15, -0.1) is 0 Å². The van der Waals surface area contributed by atoms with Crippen LogP contribution in [0.25, 0.3) is 0 Å². The first-order valence-electron chi connectivity index (χ1n) is 5.84. The van der Waals surface area contributed by atoms with Crippen molar-refractivity contribution in [3.05, 3.63) is 24.0 Å². The van der Waals surface area contributed by atoms with Gasteiger partial charge in [0, 0.05) is 12.6 Å². The molecule has 2 heterocycles. The number of alkyl halides is 3. The maximum absolute atomic E-state index is 12.4. The van der Waals surface area contributed by atoms with Crippen LogP contribution in [0, 0.1) is 5.92 Å². The molecule has 0 N–H and O–H groups in total. The van der Waals surface area contributed by atoms with E-state index in [1.165, 1.54) is 25.1 Å². The third-order valence-electron chi connectivity index (χ3n) is 3.78. The fraction of sp³-hybridized carbons (Fsp3) is 0.583. The maximum Gasteiger partial charge on any atom is 0.433 e. The van der Waals surface area contributed by atoms with Gasteiger partial charge in [-0.3, -0.25) is 0 Å². The van der Waals surface area contributed by atoms with Crippen molar-refractivity contribution in [2.75, 3.05) is 11.4 Å². The third kappa shape index (κ3) is 1.87. The first-order chi connectivity index (χ1) is 8.04. The number of hydrogen-bond donors (Lipinski definition) is 0. The molecule has 2 bridgehead atoms. The number of hydrogen-bond acceptors (Lipinski definition) is 2. The summed E-state index contributed by atoms with van der Waals surface area (Å²) in [5.41, 5.74) is 0.0100. The predicted octanol–water partition coefficient (Wildman–Crippen LogP) is 3.09. The lowest BCUT2D eigenvalue weighted by atomic mass is 10.1. The van der Waals surface area contributed by atoms with Crippen molar-refractivity contribution in [2.24, 2.45) is 5.92 Å². The van der Waals surface area contributed by atoms with E-state index in [4.69, 9.17) is 0 Å². The highest BCUT2D eigenvalue weighted by Gasteiger charge is 2.38. The summed E-state index contributed by atoms with van der Waals surface area (Å²) in [4.78, 5) is 5.71. The molecule has 1 saturated heterocycles. The number of rotatable bonds is 1. The molecule has 1 aromatic rings. The van der Waals surface area contributed by atoms with Gasteiger partial charge in [0.1, 0.15) is 5.69 Å². The molecule has 1 saturated carbocycles. The Morgan fingerprint density at radius 2 is 2.06 bits per heavy atom. The summed E-state index contributed by atoms with van der Waals surface area (Å²) in [6.45, 7) is 0.970. The minimum atomic E-state index is -4.34. The third-order valence-corrected chi connectivity index (χ3v) is 3.78. The molecule has 2 unspecified atom stereocenters.